The number of carbonyl (C=O) groups excluding carboxylic acids is 1. The Morgan fingerprint density at radius 3 is 2.64 bits per heavy atom. The number of anilines is 1. The average molecular weight is 423 g/mol. The fourth-order valence-corrected chi connectivity index (χ4v) is 2.92. The normalized spacial score (nSPS) is 11.2. The summed E-state index contributed by atoms with van der Waals surface area (Å²) >= 11 is 6.62. The maximum atomic E-state index is 12.0. The topological polar surface area (TPSA) is 67.5 Å². The van der Waals surface area contributed by atoms with Gasteiger partial charge in [0.25, 0.3) is 5.91 Å². The van der Waals surface area contributed by atoms with Gasteiger partial charge in [-0.2, -0.15) is 5.10 Å². The molecule has 2 rings (SSSR count). The van der Waals surface area contributed by atoms with Crippen LogP contribution in [0.1, 0.15) is 15.9 Å². The van der Waals surface area contributed by atoms with E-state index in [0.29, 0.717) is 15.7 Å². The first-order chi connectivity index (χ1) is 10.6. The van der Waals surface area contributed by atoms with E-state index in [1.807, 2.05) is 36.4 Å². The van der Waals surface area contributed by atoms with Gasteiger partial charge in [-0.15, -0.1) is 0 Å². The van der Waals surface area contributed by atoms with Crippen molar-refractivity contribution in [2.45, 2.75) is 0 Å². The van der Waals surface area contributed by atoms with E-state index in [-0.39, 0.29) is 5.91 Å². The zero-order valence-corrected chi connectivity index (χ0v) is 14.6. The maximum Gasteiger partial charge on any atom is 0.273 e. The second-order valence-corrected chi connectivity index (χ2v) is 6.11. The number of hydrogen-bond acceptors (Lipinski definition) is 3. The van der Waals surface area contributed by atoms with Crippen LogP contribution in [0.5, 0.6) is 0 Å². The quantitative estimate of drug-likeness (QED) is 0.440. The minimum absolute atomic E-state index is 0.352. The van der Waals surface area contributed by atoms with Gasteiger partial charge < -0.3 is 5.73 Å². The summed E-state index contributed by atoms with van der Waals surface area (Å²) in [4.78, 5) is 12.0. The van der Waals surface area contributed by atoms with Crippen LogP contribution in [0.25, 0.3) is 6.08 Å². The third kappa shape index (κ3) is 4.54. The van der Waals surface area contributed by atoms with Gasteiger partial charge in [-0.1, -0.05) is 52.3 Å². The summed E-state index contributed by atoms with van der Waals surface area (Å²) < 4.78 is 1.41. The van der Waals surface area contributed by atoms with Crippen molar-refractivity contribution in [2.24, 2.45) is 5.10 Å². The number of halogens is 2. The van der Waals surface area contributed by atoms with Crippen molar-refractivity contribution in [3.63, 3.8) is 0 Å². The van der Waals surface area contributed by atoms with Crippen LogP contribution in [0.2, 0.25) is 0 Å². The molecule has 22 heavy (non-hydrogen) atoms. The second kappa shape index (κ2) is 7.91. The molecule has 0 fully saturated rings. The van der Waals surface area contributed by atoms with Gasteiger partial charge in [0.15, 0.2) is 0 Å². The number of nitrogens with two attached hydrogens (primary N) is 1. The predicted molar refractivity (Wildman–Crippen MR) is 97.7 cm³/mol. The van der Waals surface area contributed by atoms with Gasteiger partial charge in [0.1, 0.15) is 0 Å². The molecule has 1 amide bonds. The highest BCUT2D eigenvalue weighted by atomic mass is 79.9. The fraction of sp³-hybridized carbons (Fsp3) is 0. The number of rotatable bonds is 4. The molecular weight excluding hydrogens is 410 g/mol. The van der Waals surface area contributed by atoms with Crippen molar-refractivity contribution in [3.05, 3.63) is 68.6 Å². The van der Waals surface area contributed by atoms with Crippen molar-refractivity contribution in [1.82, 2.24) is 5.43 Å². The molecule has 0 saturated carbocycles. The fourth-order valence-electron chi connectivity index (χ4n) is 1.69. The molecule has 0 radical (unpaired) electrons. The summed E-state index contributed by atoms with van der Waals surface area (Å²) in [7, 11) is 0. The molecule has 0 heterocycles. The molecule has 0 spiro atoms. The highest BCUT2D eigenvalue weighted by Gasteiger charge is 2.12. The van der Waals surface area contributed by atoms with E-state index in [1.165, 1.54) is 6.21 Å². The predicted octanol–water partition coefficient (Wildman–Crippen LogP) is 4.22. The zero-order valence-electron chi connectivity index (χ0n) is 11.5. The van der Waals surface area contributed by atoms with Crippen LogP contribution in [0, 0.1) is 0 Å². The summed E-state index contributed by atoms with van der Waals surface area (Å²) in [6.07, 6.45) is 5.14. The largest absolute Gasteiger partial charge is 0.397 e. The highest BCUT2D eigenvalue weighted by molar-refractivity contribution is 9.11. The molecule has 3 N–H and O–H groups in total. The highest BCUT2D eigenvalue weighted by Crippen LogP contribution is 2.28. The molecule has 0 saturated heterocycles. The molecule has 0 aliphatic carbocycles. The Labute approximate surface area is 145 Å². The number of nitrogens with one attached hydrogen (secondary N) is 1. The lowest BCUT2D eigenvalue weighted by Gasteiger charge is -2.06. The molecular formula is C16H13Br2N3O. The van der Waals surface area contributed by atoms with Gasteiger partial charge in [-0.05, 0) is 39.7 Å². The van der Waals surface area contributed by atoms with Crippen LogP contribution < -0.4 is 11.2 Å². The lowest BCUT2D eigenvalue weighted by molar-refractivity contribution is 0.0956. The summed E-state index contributed by atoms with van der Waals surface area (Å²) in [6.45, 7) is 0. The van der Waals surface area contributed by atoms with Crippen LogP contribution in [-0.4, -0.2) is 12.1 Å². The Bertz CT molecular complexity index is 728. The standard InChI is InChI=1S/C16H13Br2N3O/c17-12-9-13(15(19)14(18)10-12)16(22)21-20-8-4-7-11-5-2-1-3-6-11/h1-10H,19H2,(H,21,22). The zero-order chi connectivity index (χ0) is 15.9. The third-order valence-electron chi connectivity index (χ3n) is 2.75. The van der Waals surface area contributed by atoms with Crippen LogP contribution in [0.15, 0.2) is 62.6 Å². The molecule has 2 aromatic rings. The van der Waals surface area contributed by atoms with E-state index in [4.69, 9.17) is 5.73 Å². The summed E-state index contributed by atoms with van der Waals surface area (Å²) in [5.74, 6) is -0.371. The Kier molecular flexibility index (Phi) is 5.91. The average Bonchev–Trinajstić information content (AvgIpc) is 2.51. The van der Waals surface area contributed by atoms with Gasteiger partial charge in [0, 0.05) is 15.2 Å². The second-order valence-electron chi connectivity index (χ2n) is 4.34. The van der Waals surface area contributed by atoms with E-state index >= 15 is 0 Å². The Morgan fingerprint density at radius 2 is 1.91 bits per heavy atom. The van der Waals surface area contributed by atoms with E-state index in [9.17, 15) is 4.79 Å². The molecule has 0 aliphatic heterocycles. The number of nitrogens with zero attached hydrogens (tertiary/aromatic N) is 1. The summed E-state index contributed by atoms with van der Waals surface area (Å²) in [6, 6.07) is 13.2. The number of amides is 1. The maximum absolute atomic E-state index is 12.0. The van der Waals surface area contributed by atoms with Crippen molar-refractivity contribution >= 4 is 55.7 Å². The molecule has 0 atom stereocenters. The van der Waals surface area contributed by atoms with Crippen LogP contribution in [0.3, 0.4) is 0 Å². The van der Waals surface area contributed by atoms with Gasteiger partial charge in [-0.25, -0.2) is 5.43 Å². The first kappa shape index (κ1) is 16.5. The molecule has 0 aromatic heterocycles. The number of carbonyl (C=O) groups is 1. The van der Waals surface area contributed by atoms with Crippen LogP contribution in [0.4, 0.5) is 5.69 Å². The minimum atomic E-state index is -0.371. The van der Waals surface area contributed by atoms with Crippen LogP contribution >= 0.6 is 31.9 Å². The number of hydrazone groups is 1. The van der Waals surface area contributed by atoms with Gasteiger partial charge in [-0.3, -0.25) is 4.79 Å². The van der Waals surface area contributed by atoms with Gasteiger partial charge >= 0.3 is 0 Å². The van der Waals surface area contributed by atoms with E-state index < -0.39 is 0 Å². The number of hydrogen-bond donors (Lipinski definition) is 2. The SMILES string of the molecule is Nc1c(Br)cc(Br)cc1C(=O)NN=CC=Cc1ccccc1. The molecule has 112 valence electrons. The van der Waals surface area contributed by atoms with Gasteiger partial charge in [0.2, 0.25) is 0 Å². The van der Waals surface area contributed by atoms with E-state index in [0.717, 1.165) is 10.0 Å². The Morgan fingerprint density at radius 1 is 1.18 bits per heavy atom. The molecule has 4 nitrogen and oxygen atoms in total. The van der Waals surface area contributed by atoms with Gasteiger partial charge in [0.05, 0.1) is 11.3 Å². The van der Waals surface area contributed by atoms with E-state index in [1.54, 1.807) is 18.2 Å². The molecule has 0 bridgehead atoms. The molecule has 2 aromatic carbocycles. The number of nitrogen functional groups attached to an aromatic ring is 1. The number of allylic oxidation sites excluding steroid dienone is 1. The Hall–Kier alpha value is -1.92. The lowest BCUT2D eigenvalue weighted by atomic mass is 10.2. The summed E-state index contributed by atoms with van der Waals surface area (Å²) in [5.41, 5.74) is 10.1. The first-order valence-corrected chi connectivity index (χ1v) is 7.96. The van der Waals surface area contributed by atoms with Crippen molar-refractivity contribution in [2.75, 3.05) is 5.73 Å². The lowest BCUT2D eigenvalue weighted by Crippen LogP contribution is -2.19. The van der Waals surface area contributed by atoms with Crippen LogP contribution in [-0.2, 0) is 0 Å². The van der Waals surface area contributed by atoms with Crippen molar-refractivity contribution in [1.29, 1.82) is 0 Å². The van der Waals surface area contributed by atoms with Crippen molar-refractivity contribution < 1.29 is 4.79 Å². The molecule has 0 aliphatic rings. The van der Waals surface area contributed by atoms with E-state index in [2.05, 4.69) is 42.4 Å². The Balaban J connectivity index is 1.98. The number of benzene rings is 2. The molecule has 6 heteroatoms. The minimum Gasteiger partial charge on any atom is -0.397 e. The summed E-state index contributed by atoms with van der Waals surface area (Å²) in [5, 5.41) is 3.87. The molecule has 0 unspecified atom stereocenters. The van der Waals surface area contributed by atoms with Crippen molar-refractivity contribution in [3.8, 4) is 0 Å². The monoisotopic (exact) mass is 421 g/mol. The third-order valence-corrected chi connectivity index (χ3v) is 3.87. The first-order valence-electron chi connectivity index (χ1n) is 6.37. The smallest absolute Gasteiger partial charge is 0.273 e.